The third kappa shape index (κ3) is 5.38. The highest BCUT2D eigenvalue weighted by Gasteiger charge is 2.30. The van der Waals surface area contributed by atoms with Crippen LogP contribution >= 0.6 is 11.8 Å². The number of hydrogen-bond acceptors (Lipinski definition) is 5. The Labute approximate surface area is 185 Å². The number of alkyl carbamates (subject to hydrolysis) is 1. The molecule has 0 saturated carbocycles. The van der Waals surface area contributed by atoms with Crippen LogP contribution < -0.4 is 10.6 Å². The molecule has 1 aliphatic carbocycles. The van der Waals surface area contributed by atoms with Crippen molar-refractivity contribution in [3.63, 3.8) is 0 Å². The lowest BCUT2D eigenvalue weighted by Crippen LogP contribution is -2.51. The number of amides is 2. The number of carboxylic acids is 1. The van der Waals surface area contributed by atoms with E-state index in [1.807, 2.05) is 42.7 Å². The Morgan fingerprint density at radius 3 is 2.16 bits per heavy atom. The van der Waals surface area contributed by atoms with Crippen LogP contribution in [-0.2, 0) is 14.3 Å². The molecule has 0 saturated heterocycles. The maximum atomic E-state index is 12.5. The molecule has 1 aliphatic rings. The summed E-state index contributed by atoms with van der Waals surface area (Å²) < 4.78 is 5.50. The summed E-state index contributed by atoms with van der Waals surface area (Å²) in [5.41, 5.74) is 4.46. The lowest BCUT2D eigenvalue weighted by Gasteiger charge is -2.20. The van der Waals surface area contributed by atoms with Crippen molar-refractivity contribution in [3.05, 3.63) is 59.7 Å². The van der Waals surface area contributed by atoms with E-state index in [1.54, 1.807) is 0 Å². The molecule has 0 aromatic heterocycles. The first-order valence-electron chi connectivity index (χ1n) is 10.1. The Kier molecular flexibility index (Phi) is 7.57. The molecule has 0 spiro atoms. The van der Waals surface area contributed by atoms with Crippen LogP contribution in [0.3, 0.4) is 0 Å². The minimum atomic E-state index is -1.14. The van der Waals surface area contributed by atoms with E-state index in [-0.39, 0.29) is 12.5 Å². The van der Waals surface area contributed by atoms with Crippen LogP contribution in [-0.4, -0.2) is 53.8 Å². The highest BCUT2D eigenvalue weighted by Crippen LogP contribution is 2.44. The molecule has 2 amide bonds. The summed E-state index contributed by atoms with van der Waals surface area (Å²) in [6.45, 7) is 1.52. The maximum absolute atomic E-state index is 12.5. The molecule has 0 radical (unpaired) electrons. The van der Waals surface area contributed by atoms with E-state index in [4.69, 9.17) is 9.84 Å². The highest BCUT2D eigenvalue weighted by molar-refractivity contribution is 7.98. The zero-order valence-corrected chi connectivity index (χ0v) is 18.3. The second-order valence-corrected chi connectivity index (χ2v) is 8.36. The summed E-state index contributed by atoms with van der Waals surface area (Å²) in [6.07, 6.45) is 1.55. The SMILES string of the molecule is CSCC[C@H](NC(=O)OCC1c2ccccc2-c2ccccc21)C(=O)N[C@@H](C)C(=O)O. The number of carbonyl (C=O) groups is 3. The summed E-state index contributed by atoms with van der Waals surface area (Å²) in [5.74, 6) is -1.14. The fourth-order valence-electron chi connectivity index (χ4n) is 3.66. The van der Waals surface area contributed by atoms with E-state index in [0.29, 0.717) is 12.2 Å². The van der Waals surface area contributed by atoms with Crippen LogP contribution in [0, 0.1) is 0 Å². The molecule has 0 heterocycles. The van der Waals surface area contributed by atoms with Gasteiger partial charge in [-0.2, -0.15) is 11.8 Å². The summed E-state index contributed by atoms with van der Waals surface area (Å²) in [6, 6.07) is 14.2. The number of hydrogen-bond donors (Lipinski definition) is 3. The monoisotopic (exact) mass is 442 g/mol. The van der Waals surface area contributed by atoms with E-state index >= 15 is 0 Å². The summed E-state index contributed by atoms with van der Waals surface area (Å²) in [5, 5.41) is 14.0. The van der Waals surface area contributed by atoms with Gasteiger partial charge in [0.1, 0.15) is 18.7 Å². The molecule has 7 nitrogen and oxygen atoms in total. The van der Waals surface area contributed by atoms with Gasteiger partial charge in [0.15, 0.2) is 0 Å². The van der Waals surface area contributed by atoms with Gasteiger partial charge in [-0.15, -0.1) is 0 Å². The molecule has 3 N–H and O–H groups in total. The molecular weight excluding hydrogens is 416 g/mol. The number of carbonyl (C=O) groups excluding carboxylic acids is 2. The maximum Gasteiger partial charge on any atom is 0.407 e. The molecule has 31 heavy (non-hydrogen) atoms. The van der Waals surface area contributed by atoms with Crippen LogP contribution in [0.2, 0.25) is 0 Å². The van der Waals surface area contributed by atoms with Crippen molar-refractivity contribution < 1.29 is 24.2 Å². The largest absolute Gasteiger partial charge is 0.480 e. The Balaban J connectivity index is 1.65. The number of carboxylic acid groups (broad SMARTS) is 1. The van der Waals surface area contributed by atoms with Crippen LogP contribution in [0.4, 0.5) is 4.79 Å². The number of benzene rings is 2. The second kappa shape index (κ2) is 10.3. The average Bonchev–Trinajstić information content (AvgIpc) is 3.08. The molecule has 0 unspecified atom stereocenters. The minimum Gasteiger partial charge on any atom is -0.480 e. The summed E-state index contributed by atoms with van der Waals surface area (Å²) >= 11 is 1.53. The number of thioether (sulfide) groups is 1. The van der Waals surface area contributed by atoms with Crippen LogP contribution in [0.5, 0.6) is 0 Å². The van der Waals surface area contributed by atoms with E-state index < -0.39 is 30.1 Å². The first-order chi connectivity index (χ1) is 14.9. The second-order valence-electron chi connectivity index (χ2n) is 7.37. The number of nitrogens with one attached hydrogen (secondary N) is 2. The predicted molar refractivity (Wildman–Crippen MR) is 120 cm³/mol. The van der Waals surface area contributed by atoms with Gasteiger partial charge in [-0.05, 0) is 47.6 Å². The Hall–Kier alpha value is -3.00. The Bertz CT molecular complexity index is 919. The lowest BCUT2D eigenvalue weighted by atomic mass is 9.98. The predicted octanol–water partition coefficient (Wildman–Crippen LogP) is 3.24. The van der Waals surface area contributed by atoms with Gasteiger partial charge in [0.25, 0.3) is 0 Å². The van der Waals surface area contributed by atoms with Gasteiger partial charge in [-0.25, -0.2) is 4.79 Å². The quantitative estimate of drug-likeness (QED) is 0.551. The average molecular weight is 443 g/mol. The van der Waals surface area contributed by atoms with Gasteiger partial charge in [0.05, 0.1) is 0 Å². The van der Waals surface area contributed by atoms with Crippen molar-refractivity contribution in [2.24, 2.45) is 0 Å². The van der Waals surface area contributed by atoms with Crippen molar-refractivity contribution in [1.29, 1.82) is 0 Å². The van der Waals surface area contributed by atoms with Crippen LogP contribution in [0.25, 0.3) is 11.1 Å². The molecule has 164 valence electrons. The number of aliphatic carboxylic acids is 1. The molecule has 0 fully saturated rings. The molecule has 8 heteroatoms. The zero-order chi connectivity index (χ0) is 22.4. The molecule has 0 bridgehead atoms. The summed E-state index contributed by atoms with van der Waals surface area (Å²) in [4.78, 5) is 35.9. The smallest absolute Gasteiger partial charge is 0.407 e. The molecule has 2 atom stereocenters. The highest BCUT2D eigenvalue weighted by atomic mass is 32.2. The van der Waals surface area contributed by atoms with Crippen molar-refractivity contribution in [2.45, 2.75) is 31.3 Å². The Morgan fingerprint density at radius 1 is 1.03 bits per heavy atom. The fraction of sp³-hybridized carbons (Fsp3) is 0.348. The van der Waals surface area contributed by atoms with Gasteiger partial charge < -0.3 is 20.5 Å². The first kappa shape index (κ1) is 22.7. The van der Waals surface area contributed by atoms with Crippen LogP contribution in [0.15, 0.2) is 48.5 Å². The van der Waals surface area contributed by atoms with Crippen molar-refractivity contribution in [1.82, 2.24) is 10.6 Å². The van der Waals surface area contributed by atoms with Gasteiger partial charge in [-0.1, -0.05) is 48.5 Å². The van der Waals surface area contributed by atoms with Crippen molar-refractivity contribution >= 4 is 29.7 Å². The van der Waals surface area contributed by atoms with Crippen molar-refractivity contribution in [2.75, 3.05) is 18.6 Å². The number of rotatable bonds is 9. The number of fused-ring (bicyclic) bond motifs is 3. The van der Waals surface area contributed by atoms with E-state index in [0.717, 1.165) is 22.3 Å². The fourth-order valence-corrected chi connectivity index (χ4v) is 4.13. The molecule has 0 aliphatic heterocycles. The third-order valence-corrected chi connectivity index (χ3v) is 5.94. The minimum absolute atomic E-state index is 0.0799. The molecular formula is C23H26N2O5S. The van der Waals surface area contributed by atoms with E-state index in [1.165, 1.54) is 18.7 Å². The molecule has 2 aromatic carbocycles. The normalized spacial score (nSPS) is 14.1. The standard InChI is InChI=1S/C23H26N2O5S/c1-14(22(27)28)24-21(26)20(11-12-31-2)25-23(29)30-13-19-17-9-5-3-7-15(17)16-8-4-6-10-18(16)19/h3-10,14,19-20H,11-13H2,1-2H3,(H,24,26)(H,25,29)(H,27,28)/t14-,20-/m0/s1. The molecule has 3 rings (SSSR count). The Morgan fingerprint density at radius 2 is 1.61 bits per heavy atom. The molecule has 2 aromatic rings. The van der Waals surface area contributed by atoms with Gasteiger partial charge in [0, 0.05) is 5.92 Å². The van der Waals surface area contributed by atoms with Gasteiger partial charge in [-0.3, -0.25) is 9.59 Å². The topological polar surface area (TPSA) is 105 Å². The van der Waals surface area contributed by atoms with Crippen LogP contribution in [0.1, 0.15) is 30.4 Å². The lowest BCUT2D eigenvalue weighted by molar-refractivity contribution is -0.141. The first-order valence-corrected chi connectivity index (χ1v) is 11.5. The van der Waals surface area contributed by atoms with Crippen molar-refractivity contribution in [3.8, 4) is 11.1 Å². The van der Waals surface area contributed by atoms with Gasteiger partial charge >= 0.3 is 12.1 Å². The van der Waals surface area contributed by atoms with E-state index in [2.05, 4.69) is 22.8 Å². The van der Waals surface area contributed by atoms with Gasteiger partial charge in [0.2, 0.25) is 5.91 Å². The third-order valence-electron chi connectivity index (χ3n) is 5.29. The number of ether oxygens (including phenoxy) is 1. The zero-order valence-electron chi connectivity index (χ0n) is 17.5. The summed E-state index contributed by atoms with van der Waals surface area (Å²) in [7, 11) is 0. The van der Waals surface area contributed by atoms with E-state index in [9.17, 15) is 14.4 Å².